The molecular weight excluding hydrogens is 248 g/mol. The topological polar surface area (TPSA) is 33.1 Å². The first kappa shape index (κ1) is 15.5. The molecule has 1 aromatic heterocycles. The number of halogens is 1. The average molecular weight is 273 g/mol. The third-order valence-electron chi connectivity index (χ3n) is 3.60. The van der Waals surface area contributed by atoms with Gasteiger partial charge in [0.15, 0.2) is 0 Å². The van der Waals surface area contributed by atoms with Crippen molar-refractivity contribution < 1.29 is 0 Å². The molecule has 0 bridgehead atoms. The largest absolute Gasteiger partial charge is 0.337 e. The highest BCUT2D eigenvalue weighted by molar-refractivity contribution is 5.85. The van der Waals surface area contributed by atoms with Gasteiger partial charge in [-0.05, 0) is 38.9 Å². The lowest BCUT2D eigenvalue weighted by Gasteiger charge is -2.34. The van der Waals surface area contributed by atoms with Gasteiger partial charge in [0.05, 0.1) is 6.54 Å². The predicted molar refractivity (Wildman–Crippen MR) is 77.0 cm³/mol. The number of piperidine rings is 1. The van der Waals surface area contributed by atoms with Gasteiger partial charge in [-0.3, -0.25) is 4.90 Å². The minimum absolute atomic E-state index is 0. The molecular formula is C13H25ClN4. The molecule has 1 aliphatic rings. The molecule has 1 aliphatic heterocycles. The summed E-state index contributed by atoms with van der Waals surface area (Å²) in [6.07, 6.45) is 7.67. The monoisotopic (exact) mass is 272 g/mol. The summed E-state index contributed by atoms with van der Waals surface area (Å²) in [5.74, 6) is 1.18. The number of hydrogen-bond donors (Lipinski definition) is 1. The van der Waals surface area contributed by atoms with Crippen molar-refractivity contribution in [3.8, 4) is 0 Å². The molecule has 0 radical (unpaired) electrons. The Kier molecular flexibility index (Phi) is 6.68. The Morgan fingerprint density at radius 2 is 2.17 bits per heavy atom. The fraction of sp³-hybridized carbons (Fsp3) is 0.769. The second-order valence-electron chi connectivity index (χ2n) is 4.91. The minimum atomic E-state index is 0. The summed E-state index contributed by atoms with van der Waals surface area (Å²) in [5.41, 5.74) is 0. The van der Waals surface area contributed by atoms with Crippen LogP contribution in [-0.2, 0) is 13.6 Å². The number of rotatable bonds is 5. The van der Waals surface area contributed by atoms with Crippen molar-refractivity contribution in [1.29, 1.82) is 0 Å². The van der Waals surface area contributed by atoms with E-state index in [1.807, 2.05) is 12.4 Å². The zero-order valence-corrected chi connectivity index (χ0v) is 12.2. The minimum Gasteiger partial charge on any atom is -0.337 e. The van der Waals surface area contributed by atoms with Gasteiger partial charge >= 0.3 is 0 Å². The zero-order valence-electron chi connectivity index (χ0n) is 11.4. The Balaban J connectivity index is 0.00000162. The molecule has 1 aromatic rings. The van der Waals surface area contributed by atoms with E-state index in [1.54, 1.807) is 0 Å². The average Bonchev–Trinajstić information content (AvgIpc) is 2.76. The fourth-order valence-electron chi connectivity index (χ4n) is 2.58. The lowest BCUT2D eigenvalue weighted by atomic mass is 10.0. The van der Waals surface area contributed by atoms with Crippen molar-refractivity contribution in [2.75, 3.05) is 19.6 Å². The molecule has 18 heavy (non-hydrogen) atoms. The van der Waals surface area contributed by atoms with Gasteiger partial charge in [-0.1, -0.05) is 6.92 Å². The summed E-state index contributed by atoms with van der Waals surface area (Å²) in [5, 5.41) is 3.43. The van der Waals surface area contributed by atoms with E-state index in [9.17, 15) is 0 Å². The summed E-state index contributed by atoms with van der Waals surface area (Å²) in [4.78, 5) is 7.04. The van der Waals surface area contributed by atoms with Crippen LogP contribution in [0.15, 0.2) is 12.4 Å². The zero-order chi connectivity index (χ0) is 12.1. The van der Waals surface area contributed by atoms with Crippen LogP contribution in [0, 0.1) is 0 Å². The molecule has 0 saturated carbocycles. The smallest absolute Gasteiger partial charge is 0.122 e. The quantitative estimate of drug-likeness (QED) is 0.888. The highest BCUT2D eigenvalue weighted by atomic mass is 35.5. The molecule has 0 spiro atoms. The molecule has 104 valence electrons. The van der Waals surface area contributed by atoms with Crippen LogP contribution < -0.4 is 5.32 Å². The van der Waals surface area contributed by atoms with Gasteiger partial charge in [0, 0.05) is 25.5 Å². The molecule has 5 heteroatoms. The first-order valence-corrected chi connectivity index (χ1v) is 6.72. The SMILES string of the molecule is CCCN(Cc1nccn1C)C1CCNCC1.Cl. The Morgan fingerprint density at radius 3 is 2.72 bits per heavy atom. The van der Waals surface area contributed by atoms with Crippen molar-refractivity contribution in [2.24, 2.45) is 7.05 Å². The highest BCUT2D eigenvalue weighted by Crippen LogP contribution is 2.15. The van der Waals surface area contributed by atoms with Gasteiger partial charge in [0.25, 0.3) is 0 Å². The van der Waals surface area contributed by atoms with Crippen molar-refractivity contribution in [1.82, 2.24) is 19.8 Å². The van der Waals surface area contributed by atoms with Crippen molar-refractivity contribution in [3.63, 3.8) is 0 Å². The number of nitrogens with zero attached hydrogens (tertiary/aromatic N) is 3. The molecule has 0 amide bonds. The first-order chi connectivity index (χ1) is 8.31. The van der Waals surface area contributed by atoms with E-state index in [0.717, 1.165) is 25.7 Å². The first-order valence-electron chi connectivity index (χ1n) is 6.72. The third kappa shape index (κ3) is 3.97. The number of hydrogen-bond acceptors (Lipinski definition) is 3. The van der Waals surface area contributed by atoms with Gasteiger partial charge in [-0.15, -0.1) is 12.4 Å². The van der Waals surface area contributed by atoms with E-state index < -0.39 is 0 Å². The van der Waals surface area contributed by atoms with Crippen molar-refractivity contribution in [2.45, 2.75) is 38.8 Å². The van der Waals surface area contributed by atoms with E-state index in [1.165, 1.54) is 31.6 Å². The normalized spacial score (nSPS) is 16.8. The summed E-state index contributed by atoms with van der Waals surface area (Å²) >= 11 is 0. The Morgan fingerprint density at radius 1 is 1.44 bits per heavy atom. The maximum atomic E-state index is 4.44. The molecule has 1 N–H and O–H groups in total. The third-order valence-corrected chi connectivity index (χ3v) is 3.60. The molecule has 2 heterocycles. The number of aryl methyl sites for hydroxylation is 1. The predicted octanol–water partition coefficient (Wildman–Crippen LogP) is 1.81. The standard InChI is InChI=1S/C13H24N4.ClH/c1-3-9-17(12-4-6-14-7-5-12)11-13-15-8-10-16(13)2;/h8,10,12,14H,3-7,9,11H2,1-2H3;1H. The van der Waals surface area contributed by atoms with Gasteiger partial charge in [-0.25, -0.2) is 4.98 Å². The van der Waals surface area contributed by atoms with Crippen molar-refractivity contribution in [3.05, 3.63) is 18.2 Å². The molecule has 0 aliphatic carbocycles. The summed E-state index contributed by atoms with van der Waals surface area (Å²) in [6, 6.07) is 0.730. The van der Waals surface area contributed by atoms with Gasteiger partial charge in [0.1, 0.15) is 5.82 Å². The Bertz CT molecular complexity index is 333. The van der Waals surface area contributed by atoms with E-state index in [4.69, 9.17) is 0 Å². The lowest BCUT2D eigenvalue weighted by molar-refractivity contribution is 0.149. The second kappa shape index (κ2) is 7.77. The van der Waals surface area contributed by atoms with Crippen LogP contribution in [0.3, 0.4) is 0 Å². The van der Waals surface area contributed by atoms with E-state index in [0.29, 0.717) is 0 Å². The van der Waals surface area contributed by atoms with E-state index in [-0.39, 0.29) is 12.4 Å². The number of aromatic nitrogens is 2. The van der Waals surface area contributed by atoms with Gasteiger partial charge in [0.2, 0.25) is 0 Å². The summed E-state index contributed by atoms with van der Waals surface area (Å²) < 4.78 is 2.13. The van der Waals surface area contributed by atoms with Crippen LogP contribution in [-0.4, -0.2) is 40.1 Å². The summed E-state index contributed by atoms with van der Waals surface area (Å²) in [6.45, 7) is 6.74. The van der Waals surface area contributed by atoms with E-state index >= 15 is 0 Å². The second-order valence-corrected chi connectivity index (χ2v) is 4.91. The molecule has 0 aromatic carbocycles. The van der Waals surface area contributed by atoms with Crippen molar-refractivity contribution >= 4 is 12.4 Å². The molecule has 1 saturated heterocycles. The molecule has 0 unspecified atom stereocenters. The number of nitrogens with one attached hydrogen (secondary N) is 1. The number of imidazole rings is 1. The molecule has 4 nitrogen and oxygen atoms in total. The Labute approximate surface area is 116 Å². The maximum absolute atomic E-state index is 4.44. The molecule has 1 fully saturated rings. The maximum Gasteiger partial charge on any atom is 0.122 e. The van der Waals surface area contributed by atoms with E-state index in [2.05, 4.69) is 33.7 Å². The molecule has 2 rings (SSSR count). The van der Waals surface area contributed by atoms with Gasteiger partial charge < -0.3 is 9.88 Å². The molecule has 0 atom stereocenters. The van der Waals surface area contributed by atoms with Crippen LogP contribution in [0.5, 0.6) is 0 Å². The Hall–Kier alpha value is -0.580. The van der Waals surface area contributed by atoms with Gasteiger partial charge in [-0.2, -0.15) is 0 Å². The van der Waals surface area contributed by atoms with Crippen LogP contribution in [0.1, 0.15) is 32.0 Å². The highest BCUT2D eigenvalue weighted by Gasteiger charge is 2.21. The summed E-state index contributed by atoms with van der Waals surface area (Å²) in [7, 11) is 2.08. The van der Waals surface area contributed by atoms with Crippen LogP contribution in [0.25, 0.3) is 0 Å². The van der Waals surface area contributed by atoms with Crippen LogP contribution in [0.4, 0.5) is 0 Å². The van der Waals surface area contributed by atoms with Crippen LogP contribution in [0.2, 0.25) is 0 Å². The lowest BCUT2D eigenvalue weighted by Crippen LogP contribution is -2.43. The fourth-order valence-corrected chi connectivity index (χ4v) is 2.58. The van der Waals surface area contributed by atoms with Crippen LogP contribution >= 0.6 is 12.4 Å².